The van der Waals surface area contributed by atoms with Crippen LogP contribution in [0.15, 0.2) is 34.2 Å². The van der Waals surface area contributed by atoms with Crippen LogP contribution in [0.5, 0.6) is 0 Å². The smallest absolute Gasteiger partial charge is 0.335 e. The number of benzene rings is 1. The minimum Gasteiger partial charge on any atom is -0.478 e. The van der Waals surface area contributed by atoms with E-state index in [0.29, 0.717) is 10.0 Å². The van der Waals surface area contributed by atoms with Crippen molar-refractivity contribution >= 4 is 31.9 Å². The van der Waals surface area contributed by atoms with Crippen molar-refractivity contribution < 1.29 is 18.3 Å². The van der Waals surface area contributed by atoms with Gasteiger partial charge in [-0.3, -0.25) is 0 Å². The van der Waals surface area contributed by atoms with Crippen LogP contribution in [0.3, 0.4) is 0 Å². The second-order valence-electron chi connectivity index (χ2n) is 4.13. The van der Waals surface area contributed by atoms with E-state index in [-0.39, 0.29) is 23.5 Å². The van der Waals surface area contributed by atoms with E-state index in [1.807, 2.05) is 0 Å². The molecule has 20 heavy (non-hydrogen) atoms. The van der Waals surface area contributed by atoms with E-state index < -0.39 is 16.0 Å². The van der Waals surface area contributed by atoms with Crippen LogP contribution in [0.25, 0.3) is 0 Å². The van der Waals surface area contributed by atoms with E-state index in [9.17, 15) is 13.2 Å². The minimum atomic E-state index is -3.75. The molecule has 5 nitrogen and oxygen atoms in total. The van der Waals surface area contributed by atoms with Crippen molar-refractivity contribution in [3.63, 3.8) is 0 Å². The third kappa shape index (κ3) is 3.28. The van der Waals surface area contributed by atoms with Crippen molar-refractivity contribution in [1.82, 2.24) is 4.31 Å². The van der Waals surface area contributed by atoms with E-state index in [2.05, 4.69) is 22.5 Å². The summed E-state index contributed by atoms with van der Waals surface area (Å²) in [6.07, 6.45) is 1.49. The lowest BCUT2D eigenvalue weighted by atomic mass is 10.1. The SMILES string of the molecule is C=CCN(CC)S(=O)(=O)c1cc(C(=O)O)cc(Br)c1C. The van der Waals surface area contributed by atoms with E-state index in [4.69, 9.17) is 5.11 Å². The van der Waals surface area contributed by atoms with Crippen molar-refractivity contribution in [1.29, 1.82) is 0 Å². The Bertz CT molecular complexity index is 640. The van der Waals surface area contributed by atoms with Gasteiger partial charge in [-0.15, -0.1) is 6.58 Å². The quantitative estimate of drug-likeness (QED) is 0.790. The standard InChI is InChI=1S/C13H16BrNO4S/c1-4-6-15(5-2)20(18,19)12-8-10(13(16)17)7-11(14)9(12)3/h4,7-8H,1,5-6H2,2-3H3,(H,16,17). The lowest BCUT2D eigenvalue weighted by molar-refractivity contribution is 0.0696. The molecule has 7 heteroatoms. The van der Waals surface area contributed by atoms with Crippen LogP contribution in [-0.4, -0.2) is 36.9 Å². The predicted octanol–water partition coefficient (Wildman–Crippen LogP) is 2.65. The van der Waals surface area contributed by atoms with E-state index in [1.54, 1.807) is 13.8 Å². The van der Waals surface area contributed by atoms with Crippen molar-refractivity contribution in [3.8, 4) is 0 Å². The zero-order chi connectivity index (χ0) is 15.5. The Morgan fingerprint density at radius 2 is 2.10 bits per heavy atom. The molecular weight excluding hydrogens is 346 g/mol. The number of aromatic carboxylic acids is 1. The molecule has 0 fully saturated rings. The molecule has 0 heterocycles. The number of hydrogen-bond acceptors (Lipinski definition) is 3. The summed E-state index contributed by atoms with van der Waals surface area (Å²) in [5.74, 6) is -1.17. The van der Waals surface area contributed by atoms with E-state index >= 15 is 0 Å². The van der Waals surface area contributed by atoms with Crippen LogP contribution in [0.4, 0.5) is 0 Å². The largest absolute Gasteiger partial charge is 0.478 e. The third-order valence-corrected chi connectivity index (χ3v) is 5.74. The number of sulfonamides is 1. The molecule has 0 aliphatic carbocycles. The van der Waals surface area contributed by atoms with Gasteiger partial charge in [0.25, 0.3) is 0 Å². The van der Waals surface area contributed by atoms with E-state index in [0.717, 1.165) is 0 Å². The molecule has 110 valence electrons. The molecule has 0 saturated heterocycles. The highest BCUT2D eigenvalue weighted by molar-refractivity contribution is 9.10. The molecule has 0 radical (unpaired) electrons. The third-order valence-electron chi connectivity index (χ3n) is 2.85. The van der Waals surface area contributed by atoms with Crippen LogP contribution < -0.4 is 0 Å². The number of carboxylic acids is 1. The fraction of sp³-hybridized carbons (Fsp3) is 0.308. The lowest BCUT2D eigenvalue weighted by Crippen LogP contribution is -2.31. The molecule has 0 aliphatic rings. The molecule has 1 aromatic carbocycles. The topological polar surface area (TPSA) is 74.7 Å². The Morgan fingerprint density at radius 1 is 1.50 bits per heavy atom. The summed E-state index contributed by atoms with van der Waals surface area (Å²) in [6.45, 7) is 7.33. The lowest BCUT2D eigenvalue weighted by Gasteiger charge is -2.20. The molecule has 0 unspecified atom stereocenters. The molecule has 0 spiro atoms. The van der Waals surface area contributed by atoms with Gasteiger partial charge in [0.05, 0.1) is 10.5 Å². The van der Waals surface area contributed by atoms with Crippen LogP contribution >= 0.6 is 15.9 Å². The Balaban J connectivity index is 3.51. The molecule has 0 amide bonds. The average Bonchev–Trinajstić information content (AvgIpc) is 2.38. The van der Waals surface area contributed by atoms with Crippen molar-refractivity contribution in [2.75, 3.05) is 13.1 Å². The maximum absolute atomic E-state index is 12.6. The molecule has 1 aromatic rings. The molecule has 0 atom stereocenters. The maximum atomic E-state index is 12.6. The first-order valence-electron chi connectivity index (χ1n) is 5.90. The summed E-state index contributed by atoms with van der Waals surface area (Å²) in [7, 11) is -3.75. The molecule has 0 bridgehead atoms. The van der Waals surface area contributed by atoms with Crippen LogP contribution in [0, 0.1) is 6.92 Å². The number of hydrogen-bond donors (Lipinski definition) is 1. The Hall–Kier alpha value is -1.18. The fourth-order valence-electron chi connectivity index (χ4n) is 1.73. The number of nitrogens with zero attached hydrogens (tertiary/aromatic N) is 1. The Morgan fingerprint density at radius 3 is 2.55 bits per heavy atom. The monoisotopic (exact) mass is 361 g/mol. The van der Waals surface area contributed by atoms with Gasteiger partial charge < -0.3 is 5.11 Å². The summed E-state index contributed by atoms with van der Waals surface area (Å²) in [6, 6.07) is 2.57. The zero-order valence-corrected chi connectivity index (χ0v) is 13.7. The Kier molecular flexibility index (Phi) is 5.50. The zero-order valence-electron chi connectivity index (χ0n) is 11.3. The summed E-state index contributed by atoms with van der Waals surface area (Å²) in [5.41, 5.74) is 0.410. The summed E-state index contributed by atoms with van der Waals surface area (Å²) < 4.78 is 26.8. The van der Waals surface area contributed by atoms with Gasteiger partial charge in [-0.05, 0) is 24.6 Å². The van der Waals surface area contributed by atoms with Crippen molar-refractivity contribution in [3.05, 3.63) is 40.4 Å². The summed E-state index contributed by atoms with van der Waals surface area (Å²) >= 11 is 3.20. The molecule has 1 N–H and O–H groups in total. The average molecular weight is 362 g/mol. The fourth-order valence-corrected chi connectivity index (χ4v) is 4.01. The summed E-state index contributed by atoms with van der Waals surface area (Å²) in [4.78, 5) is 11.1. The number of halogens is 1. The number of likely N-dealkylation sites (N-methyl/N-ethyl adjacent to an activating group) is 1. The van der Waals surface area contributed by atoms with Gasteiger partial charge in [-0.2, -0.15) is 4.31 Å². The van der Waals surface area contributed by atoms with Gasteiger partial charge in [-0.25, -0.2) is 13.2 Å². The van der Waals surface area contributed by atoms with Crippen molar-refractivity contribution in [2.24, 2.45) is 0 Å². The second kappa shape index (κ2) is 6.51. The first-order chi connectivity index (χ1) is 9.25. The predicted molar refractivity (Wildman–Crippen MR) is 80.5 cm³/mol. The van der Waals surface area contributed by atoms with Gasteiger partial charge >= 0.3 is 5.97 Å². The first-order valence-corrected chi connectivity index (χ1v) is 8.13. The molecule has 0 aromatic heterocycles. The highest BCUT2D eigenvalue weighted by Crippen LogP contribution is 2.28. The van der Waals surface area contributed by atoms with Crippen LogP contribution in [0.2, 0.25) is 0 Å². The maximum Gasteiger partial charge on any atom is 0.335 e. The van der Waals surface area contributed by atoms with Gasteiger partial charge in [0.1, 0.15) is 0 Å². The number of carbonyl (C=O) groups is 1. The number of rotatable bonds is 6. The first kappa shape index (κ1) is 16.9. The molecule has 0 saturated carbocycles. The normalized spacial score (nSPS) is 11.6. The minimum absolute atomic E-state index is 0.00650. The Labute approximate surface area is 127 Å². The highest BCUT2D eigenvalue weighted by atomic mass is 79.9. The molecule has 0 aliphatic heterocycles. The second-order valence-corrected chi connectivity index (χ2v) is 6.89. The highest BCUT2D eigenvalue weighted by Gasteiger charge is 2.26. The number of carboxylic acid groups (broad SMARTS) is 1. The van der Waals surface area contributed by atoms with E-state index in [1.165, 1.54) is 22.5 Å². The van der Waals surface area contributed by atoms with Gasteiger partial charge in [0.15, 0.2) is 0 Å². The van der Waals surface area contributed by atoms with Crippen LogP contribution in [-0.2, 0) is 10.0 Å². The van der Waals surface area contributed by atoms with Gasteiger partial charge in [0.2, 0.25) is 10.0 Å². The molecule has 1 rings (SSSR count). The molecular formula is C13H16BrNO4S. The van der Waals surface area contributed by atoms with Crippen molar-refractivity contribution in [2.45, 2.75) is 18.7 Å². The van der Waals surface area contributed by atoms with Crippen LogP contribution in [0.1, 0.15) is 22.8 Å². The summed E-state index contributed by atoms with van der Waals surface area (Å²) in [5, 5.41) is 9.04. The van der Waals surface area contributed by atoms with Gasteiger partial charge in [-0.1, -0.05) is 28.9 Å². The van der Waals surface area contributed by atoms with Gasteiger partial charge in [0, 0.05) is 17.6 Å².